The van der Waals surface area contributed by atoms with Gasteiger partial charge < -0.3 is 14.6 Å². The van der Waals surface area contributed by atoms with E-state index >= 15 is 0 Å². The number of aromatic nitrogens is 4. The molecule has 0 aliphatic carbocycles. The van der Waals surface area contributed by atoms with Crippen LogP contribution in [-0.2, 0) is 13.5 Å². The third kappa shape index (κ3) is 3.42. The first-order valence-corrected chi connectivity index (χ1v) is 10.8. The van der Waals surface area contributed by atoms with Crippen molar-refractivity contribution >= 4 is 27.6 Å². The van der Waals surface area contributed by atoms with Crippen LogP contribution in [0.1, 0.15) is 17.1 Å². The summed E-state index contributed by atoms with van der Waals surface area (Å²) in [5, 5.41) is 4.14. The van der Waals surface area contributed by atoms with E-state index < -0.39 is 0 Å². The van der Waals surface area contributed by atoms with Gasteiger partial charge in [0, 0.05) is 37.8 Å². The Hall–Kier alpha value is -4.13. The number of nitrogens with one attached hydrogen (secondary N) is 1. The number of hydrogen-bond donors (Lipinski definition) is 1. The zero-order valence-electron chi connectivity index (χ0n) is 19.1. The molecule has 0 aliphatic rings. The number of anilines is 1. The smallest absolute Gasteiger partial charge is 0.283 e. The molecule has 3 aromatic heterocycles. The van der Waals surface area contributed by atoms with Gasteiger partial charge in [-0.15, -0.1) is 0 Å². The SMILES string of the molecule is CNc1ccc2c3c(nc(Cc4ccc(OC)cc4)n3C)c(=O)n(-c3cccnc3C)c2c1. The highest BCUT2D eigenvalue weighted by Gasteiger charge is 2.20. The lowest BCUT2D eigenvalue weighted by molar-refractivity contribution is 0.414. The summed E-state index contributed by atoms with van der Waals surface area (Å²) in [6.07, 6.45) is 2.34. The van der Waals surface area contributed by atoms with Crippen LogP contribution in [0.15, 0.2) is 65.6 Å². The van der Waals surface area contributed by atoms with Crippen molar-refractivity contribution in [2.75, 3.05) is 19.5 Å². The molecule has 0 saturated heterocycles. The van der Waals surface area contributed by atoms with Crippen LogP contribution in [0.2, 0.25) is 0 Å². The second-order valence-electron chi connectivity index (χ2n) is 8.04. The van der Waals surface area contributed by atoms with Crippen molar-refractivity contribution in [3.63, 3.8) is 0 Å². The molecule has 1 N–H and O–H groups in total. The predicted molar refractivity (Wildman–Crippen MR) is 132 cm³/mol. The van der Waals surface area contributed by atoms with Crippen molar-refractivity contribution in [2.45, 2.75) is 13.3 Å². The summed E-state index contributed by atoms with van der Waals surface area (Å²) in [7, 11) is 5.49. The Morgan fingerprint density at radius 1 is 1.09 bits per heavy atom. The molecule has 0 radical (unpaired) electrons. The van der Waals surface area contributed by atoms with Crippen molar-refractivity contribution in [3.8, 4) is 11.4 Å². The summed E-state index contributed by atoms with van der Waals surface area (Å²) in [6, 6.07) is 17.7. The highest BCUT2D eigenvalue weighted by Crippen LogP contribution is 2.29. The van der Waals surface area contributed by atoms with Gasteiger partial charge in [0.2, 0.25) is 0 Å². The normalized spacial score (nSPS) is 11.3. The van der Waals surface area contributed by atoms with Crippen molar-refractivity contribution in [3.05, 3.63) is 88.2 Å². The van der Waals surface area contributed by atoms with Gasteiger partial charge in [0.15, 0.2) is 5.52 Å². The molecule has 0 unspecified atom stereocenters. The number of aryl methyl sites for hydroxylation is 2. The van der Waals surface area contributed by atoms with E-state index in [2.05, 4.69) is 10.3 Å². The maximum absolute atomic E-state index is 13.8. The summed E-state index contributed by atoms with van der Waals surface area (Å²) < 4.78 is 9.02. The molecule has 33 heavy (non-hydrogen) atoms. The number of benzene rings is 2. The number of fused-ring (bicyclic) bond motifs is 3. The lowest BCUT2D eigenvalue weighted by atomic mass is 10.1. The molecule has 0 fully saturated rings. The van der Waals surface area contributed by atoms with Crippen molar-refractivity contribution in [1.82, 2.24) is 19.1 Å². The van der Waals surface area contributed by atoms with E-state index in [-0.39, 0.29) is 5.56 Å². The second kappa shape index (κ2) is 8.09. The average Bonchev–Trinajstić information content (AvgIpc) is 3.16. The zero-order valence-corrected chi connectivity index (χ0v) is 19.1. The van der Waals surface area contributed by atoms with E-state index in [4.69, 9.17) is 9.72 Å². The molecule has 0 amide bonds. The van der Waals surface area contributed by atoms with E-state index in [1.165, 1.54) is 0 Å². The highest BCUT2D eigenvalue weighted by molar-refractivity contribution is 6.04. The lowest BCUT2D eigenvalue weighted by Gasteiger charge is -2.14. The van der Waals surface area contributed by atoms with E-state index in [9.17, 15) is 4.79 Å². The van der Waals surface area contributed by atoms with Crippen LogP contribution < -0.4 is 15.6 Å². The van der Waals surface area contributed by atoms with Gasteiger partial charge in [-0.25, -0.2) is 4.98 Å². The number of pyridine rings is 2. The fourth-order valence-corrected chi connectivity index (χ4v) is 4.33. The van der Waals surface area contributed by atoms with E-state index in [0.29, 0.717) is 11.9 Å². The minimum Gasteiger partial charge on any atom is -0.497 e. The largest absolute Gasteiger partial charge is 0.497 e. The molecule has 166 valence electrons. The summed E-state index contributed by atoms with van der Waals surface area (Å²) in [5.41, 5.74) is 5.51. The number of ether oxygens (including phenoxy) is 1. The molecule has 0 aliphatic heterocycles. The third-order valence-corrected chi connectivity index (χ3v) is 6.12. The number of nitrogens with zero attached hydrogens (tertiary/aromatic N) is 4. The molecular weight excluding hydrogens is 414 g/mol. The Balaban J connectivity index is 1.79. The van der Waals surface area contributed by atoms with Gasteiger partial charge in [-0.05, 0) is 55.0 Å². The number of methoxy groups -OCH3 is 1. The Bertz CT molecular complexity index is 1550. The van der Waals surface area contributed by atoms with Crippen molar-refractivity contribution < 1.29 is 4.74 Å². The molecule has 3 heterocycles. The number of rotatable bonds is 5. The van der Waals surface area contributed by atoms with E-state index in [0.717, 1.165) is 50.6 Å². The lowest BCUT2D eigenvalue weighted by Crippen LogP contribution is -2.21. The number of hydrogen-bond acceptors (Lipinski definition) is 5. The van der Waals surface area contributed by atoms with Crippen LogP contribution in [0.25, 0.3) is 27.6 Å². The van der Waals surface area contributed by atoms with Crippen LogP contribution in [-0.4, -0.2) is 33.3 Å². The monoisotopic (exact) mass is 439 g/mol. The third-order valence-electron chi connectivity index (χ3n) is 6.12. The number of imidazole rings is 1. The maximum Gasteiger partial charge on any atom is 0.283 e. The van der Waals surface area contributed by atoms with Gasteiger partial charge in [0.1, 0.15) is 11.6 Å². The van der Waals surface area contributed by atoms with E-state index in [1.54, 1.807) is 17.9 Å². The van der Waals surface area contributed by atoms with Gasteiger partial charge in [-0.1, -0.05) is 12.1 Å². The quantitative estimate of drug-likeness (QED) is 0.444. The second-order valence-corrected chi connectivity index (χ2v) is 8.04. The summed E-state index contributed by atoms with van der Waals surface area (Å²) in [6.45, 7) is 1.91. The van der Waals surface area contributed by atoms with Gasteiger partial charge >= 0.3 is 0 Å². The van der Waals surface area contributed by atoms with Crippen LogP contribution in [0, 0.1) is 6.92 Å². The van der Waals surface area contributed by atoms with Crippen LogP contribution >= 0.6 is 0 Å². The van der Waals surface area contributed by atoms with Gasteiger partial charge in [0.25, 0.3) is 5.56 Å². The van der Waals surface area contributed by atoms with Crippen LogP contribution in [0.5, 0.6) is 5.75 Å². The first-order valence-electron chi connectivity index (χ1n) is 10.8. The Labute approximate surface area is 191 Å². The van der Waals surface area contributed by atoms with Crippen molar-refractivity contribution in [1.29, 1.82) is 0 Å². The average molecular weight is 440 g/mol. The van der Waals surface area contributed by atoms with Gasteiger partial charge in [0.05, 0.1) is 29.5 Å². The van der Waals surface area contributed by atoms with Gasteiger partial charge in [-0.2, -0.15) is 0 Å². The molecule has 0 saturated carbocycles. The molecular formula is C26H25N5O2. The van der Waals surface area contributed by atoms with Gasteiger partial charge in [-0.3, -0.25) is 14.3 Å². The molecule has 2 aromatic carbocycles. The summed E-state index contributed by atoms with van der Waals surface area (Å²) in [5.74, 6) is 1.64. The Kier molecular flexibility index (Phi) is 5.09. The first kappa shape index (κ1) is 20.8. The Morgan fingerprint density at radius 2 is 1.88 bits per heavy atom. The van der Waals surface area contributed by atoms with Crippen LogP contribution in [0.4, 0.5) is 5.69 Å². The minimum absolute atomic E-state index is 0.154. The Morgan fingerprint density at radius 3 is 2.58 bits per heavy atom. The first-order chi connectivity index (χ1) is 16.0. The maximum atomic E-state index is 13.8. The zero-order chi connectivity index (χ0) is 23.1. The van der Waals surface area contributed by atoms with E-state index in [1.807, 2.05) is 80.2 Å². The molecule has 0 bridgehead atoms. The molecule has 5 rings (SSSR count). The molecule has 0 atom stereocenters. The molecule has 5 aromatic rings. The van der Waals surface area contributed by atoms with Crippen LogP contribution in [0.3, 0.4) is 0 Å². The fourth-order valence-electron chi connectivity index (χ4n) is 4.33. The molecule has 0 spiro atoms. The topological polar surface area (TPSA) is 74.0 Å². The van der Waals surface area contributed by atoms with Crippen molar-refractivity contribution in [2.24, 2.45) is 7.05 Å². The molecule has 7 heteroatoms. The summed E-state index contributed by atoms with van der Waals surface area (Å²) in [4.78, 5) is 23.0. The minimum atomic E-state index is -0.154. The highest BCUT2D eigenvalue weighted by atomic mass is 16.5. The predicted octanol–water partition coefficient (Wildman–Crippen LogP) is 4.22. The fraction of sp³-hybridized carbons (Fsp3) is 0.192. The standard InChI is InChI=1S/C26H25N5O2/c1-16-21(6-5-13-28-16)31-22-15-18(27-2)9-12-20(22)25-24(26(31)32)29-23(30(25)3)14-17-7-10-19(33-4)11-8-17/h5-13,15,27H,14H2,1-4H3. The summed E-state index contributed by atoms with van der Waals surface area (Å²) >= 11 is 0. The molecule has 7 nitrogen and oxygen atoms in total.